The summed E-state index contributed by atoms with van der Waals surface area (Å²) in [6.07, 6.45) is 1.96. The number of hydrogen-bond acceptors (Lipinski definition) is 2. The van der Waals surface area contributed by atoms with Crippen molar-refractivity contribution in [3.63, 3.8) is 0 Å². The molecule has 3 amide bonds. The number of urea groups is 1. The van der Waals surface area contributed by atoms with Gasteiger partial charge in [-0.2, -0.15) is 0 Å². The van der Waals surface area contributed by atoms with Crippen molar-refractivity contribution in [3.8, 4) is 0 Å². The van der Waals surface area contributed by atoms with E-state index in [0.717, 1.165) is 23.3 Å². The molecule has 1 aromatic rings. The van der Waals surface area contributed by atoms with Gasteiger partial charge in [-0.25, -0.2) is 9.18 Å². The fourth-order valence-corrected chi connectivity index (χ4v) is 1.95. The lowest BCUT2D eigenvalue weighted by Gasteiger charge is -2.13. The van der Waals surface area contributed by atoms with Crippen LogP contribution in [0.3, 0.4) is 0 Å². The number of carbonyl (C=O) groups is 2. The molecule has 5 nitrogen and oxygen atoms in total. The van der Waals surface area contributed by atoms with Crippen LogP contribution in [-0.4, -0.2) is 31.6 Å². The number of benzene rings is 1. The van der Waals surface area contributed by atoms with Crippen LogP contribution in [0.25, 0.3) is 0 Å². The fraction of sp³-hybridized carbons (Fsp3) is 0.429. The fourth-order valence-electron chi connectivity index (χ4n) is 1.95. The number of nitrogens with one attached hydrogen (secondary N) is 3. The third kappa shape index (κ3) is 4.97. The van der Waals surface area contributed by atoms with Crippen molar-refractivity contribution in [1.29, 1.82) is 0 Å². The van der Waals surface area contributed by atoms with Crippen LogP contribution in [0.5, 0.6) is 0 Å². The average Bonchev–Trinajstić information content (AvgIpc) is 3.11. The Labute approximate surface area is 117 Å². The van der Waals surface area contributed by atoms with Crippen LogP contribution in [0.15, 0.2) is 24.3 Å². The van der Waals surface area contributed by atoms with Gasteiger partial charge in [0.1, 0.15) is 12.4 Å². The molecule has 1 atom stereocenters. The molecule has 108 valence electrons. The first-order valence-electron chi connectivity index (χ1n) is 6.69. The predicted molar refractivity (Wildman–Crippen MR) is 71.6 cm³/mol. The molecule has 0 aromatic heterocycles. The number of carbonyl (C=O) groups excluding carboxylic acids is 2. The molecule has 3 N–H and O–H groups in total. The molecule has 1 saturated carbocycles. The number of hydrogen-bond donors (Lipinski definition) is 3. The number of amides is 3. The highest BCUT2D eigenvalue weighted by molar-refractivity contribution is 5.94. The van der Waals surface area contributed by atoms with Crippen molar-refractivity contribution in [2.24, 2.45) is 0 Å². The predicted octanol–water partition coefficient (Wildman–Crippen LogP) is -0.171. The lowest BCUT2D eigenvalue weighted by Crippen LogP contribution is -3.09. The van der Waals surface area contributed by atoms with Crippen LogP contribution >= 0.6 is 0 Å². The van der Waals surface area contributed by atoms with Crippen LogP contribution in [0.4, 0.5) is 9.18 Å². The highest BCUT2D eigenvalue weighted by Gasteiger charge is 2.24. The maximum absolute atomic E-state index is 13.0. The van der Waals surface area contributed by atoms with Crippen LogP contribution < -0.4 is 15.5 Å². The first kappa shape index (κ1) is 14.5. The largest absolute Gasteiger partial charge is 0.335 e. The Bertz CT molecular complexity index is 503. The van der Waals surface area contributed by atoms with Gasteiger partial charge < -0.3 is 10.2 Å². The van der Waals surface area contributed by atoms with E-state index in [1.807, 2.05) is 13.1 Å². The molecule has 6 heteroatoms. The van der Waals surface area contributed by atoms with Crippen LogP contribution in [0, 0.1) is 5.82 Å². The zero-order chi connectivity index (χ0) is 14.5. The number of quaternary nitrogens is 1. The molecule has 20 heavy (non-hydrogen) atoms. The summed E-state index contributed by atoms with van der Waals surface area (Å²) >= 11 is 0. The molecule has 0 radical (unpaired) electrons. The maximum atomic E-state index is 13.0. The Morgan fingerprint density at radius 1 is 1.40 bits per heavy atom. The summed E-state index contributed by atoms with van der Waals surface area (Å²) in [5.41, 5.74) is 0.817. The number of halogens is 1. The molecule has 0 spiro atoms. The minimum Gasteiger partial charge on any atom is -0.335 e. The molecular weight excluding hydrogens is 261 g/mol. The maximum Gasteiger partial charge on any atom is 0.321 e. The second kappa shape index (κ2) is 6.47. The Hall–Kier alpha value is -1.95. The highest BCUT2D eigenvalue weighted by atomic mass is 19.1. The summed E-state index contributed by atoms with van der Waals surface area (Å²) < 4.78 is 13.0. The summed E-state index contributed by atoms with van der Waals surface area (Å²) in [5, 5.41) is 4.98. The lowest BCUT2D eigenvalue weighted by molar-refractivity contribution is -0.885. The van der Waals surface area contributed by atoms with E-state index in [1.165, 1.54) is 12.1 Å². The number of likely N-dealkylation sites (N-methyl/N-ethyl adjacent to an activating group) is 1. The standard InChI is InChI=1S/C14H18FN3O2/c1-18(8-10-3-2-4-11(15)7-10)9-13(19)17-14(20)16-12-5-6-12/h2-4,7,12H,5-6,8-9H2,1H3,(H2,16,17,19,20)/p+1. The first-order valence-corrected chi connectivity index (χ1v) is 6.69. The summed E-state index contributed by atoms with van der Waals surface area (Å²) in [7, 11) is 1.82. The van der Waals surface area contributed by atoms with E-state index in [1.54, 1.807) is 6.07 Å². The van der Waals surface area contributed by atoms with Crippen molar-refractivity contribution in [3.05, 3.63) is 35.6 Å². The van der Waals surface area contributed by atoms with E-state index in [-0.39, 0.29) is 24.3 Å². The van der Waals surface area contributed by atoms with Gasteiger partial charge in [0.05, 0.1) is 7.05 Å². The highest BCUT2D eigenvalue weighted by Crippen LogP contribution is 2.18. The van der Waals surface area contributed by atoms with Crippen molar-refractivity contribution < 1.29 is 18.9 Å². The van der Waals surface area contributed by atoms with E-state index in [2.05, 4.69) is 10.6 Å². The number of rotatable bonds is 5. The van der Waals surface area contributed by atoms with Crippen molar-refractivity contribution in [1.82, 2.24) is 10.6 Å². The summed E-state index contributed by atoms with van der Waals surface area (Å²) in [5.74, 6) is -0.624. The zero-order valence-electron chi connectivity index (χ0n) is 11.4. The Kier molecular flexibility index (Phi) is 4.68. The smallest absolute Gasteiger partial charge is 0.321 e. The second-order valence-corrected chi connectivity index (χ2v) is 5.24. The molecule has 0 aliphatic heterocycles. The van der Waals surface area contributed by atoms with Crippen LogP contribution in [-0.2, 0) is 11.3 Å². The molecule has 1 fully saturated rings. The van der Waals surface area contributed by atoms with Gasteiger partial charge in [-0.05, 0) is 25.0 Å². The van der Waals surface area contributed by atoms with Crippen LogP contribution in [0.1, 0.15) is 18.4 Å². The van der Waals surface area contributed by atoms with Crippen molar-refractivity contribution in [2.75, 3.05) is 13.6 Å². The molecule has 1 aliphatic rings. The van der Waals surface area contributed by atoms with E-state index in [0.29, 0.717) is 6.54 Å². The molecule has 0 heterocycles. The van der Waals surface area contributed by atoms with E-state index in [4.69, 9.17) is 0 Å². The molecule has 0 saturated heterocycles. The molecule has 2 rings (SSSR count). The Balaban J connectivity index is 1.74. The van der Waals surface area contributed by atoms with Crippen molar-refractivity contribution >= 4 is 11.9 Å². The normalized spacial score (nSPS) is 15.5. The van der Waals surface area contributed by atoms with Gasteiger partial charge in [0.15, 0.2) is 6.54 Å². The topological polar surface area (TPSA) is 62.6 Å². The molecule has 0 bridgehead atoms. The van der Waals surface area contributed by atoms with E-state index < -0.39 is 6.03 Å². The summed E-state index contributed by atoms with van der Waals surface area (Å²) in [6.45, 7) is 0.685. The first-order chi connectivity index (χ1) is 9.52. The molecule has 1 aromatic carbocycles. The molecular formula is C14H19FN3O2+. The third-order valence-electron chi connectivity index (χ3n) is 3.02. The number of imide groups is 1. The Morgan fingerprint density at radius 2 is 2.15 bits per heavy atom. The van der Waals surface area contributed by atoms with Crippen LogP contribution in [0.2, 0.25) is 0 Å². The van der Waals surface area contributed by atoms with Gasteiger partial charge in [-0.1, -0.05) is 12.1 Å². The molecule has 1 unspecified atom stereocenters. The quantitative estimate of drug-likeness (QED) is 0.701. The monoisotopic (exact) mass is 280 g/mol. The third-order valence-corrected chi connectivity index (χ3v) is 3.02. The second-order valence-electron chi connectivity index (χ2n) is 5.24. The summed E-state index contributed by atoms with van der Waals surface area (Å²) in [4.78, 5) is 23.9. The van der Waals surface area contributed by atoms with E-state index >= 15 is 0 Å². The van der Waals surface area contributed by atoms with Crippen molar-refractivity contribution in [2.45, 2.75) is 25.4 Å². The Morgan fingerprint density at radius 3 is 2.80 bits per heavy atom. The van der Waals surface area contributed by atoms with E-state index in [9.17, 15) is 14.0 Å². The van der Waals surface area contributed by atoms with Gasteiger partial charge in [0, 0.05) is 11.6 Å². The minimum atomic E-state index is -0.434. The lowest BCUT2D eigenvalue weighted by atomic mass is 10.2. The van der Waals surface area contributed by atoms with Gasteiger partial charge >= 0.3 is 6.03 Å². The SMILES string of the molecule is C[NH+](CC(=O)NC(=O)NC1CC1)Cc1cccc(F)c1. The minimum absolute atomic E-state index is 0.161. The van der Waals surface area contributed by atoms with Gasteiger partial charge in [-0.3, -0.25) is 10.1 Å². The molecule has 1 aliphatic carbocycles. The van der Waals surface area contributed by atoms with Gasteiger partial charge in [0.25, 0.3) is 5.91 Å². The zero-order valence-corrected chi connectivity index (χ0v) is 11.4. The van der Waals surface area contributed by atoms with Gasteiger partial charge in [0.2, 0.25) is 0 Å². The average molecular weight is 280 g/mol. The van der Waals surface area contributed by atoms with Gasteiger partial charge in [-0.15, -0.1) is 0 Å². The summed E-state index contributed by atoms with van der Waals surface area (Å²) in [6, 6.07) is 6.07.